The minimum Gasteiger partial charge on any atom is -0.341 e. The zero-order valence-corrected chi connectivity index (χ0v) is 18.6. The first-order chi connectivity index (χ1) is 15.1. The number of halogens is 1. The maximum absolute atomic E-state index is 12.4. The van der Waals surface area contributed by atoms with Crippen LogP contribution in [0, 0.1) is 0 Å². The van der Waals surface area contributed by atoms with Crippen molar-refractivity contribution in [2.24, 2.45) is 0 Å². The van der Waals surface area contributed by atoms with Crippen LogP contribution in [0.3, 0.4) is 0 Å². The van der Waals surface area contributed by atoms with Crippen molar-refractivity contribution in [3.63, 3.8) is 0 Å². The van der Waals surface area contributed by atoms with Crippen LogP contribution in [0.4, 0.5) is 4.79 Å². The average molecular weight is 434 g/mol. The molecule has 0 spiro atoms. The van der Waals surface area contributed by atoms with Crippen LogP contribution in [-0.4, -0.2) is 48.6 Å². The smallest absolute Gasteiger partial charge is 0.317 e. The van der Waals surface area contributed by atoms with Gasteiger partial charge in [-0.2, -0.15) is 0 Å². The van der Waals surface area contributed by atoms with Gasteiger partial charge in [-0.25, -0.2) is 4.79 Å². The molecule has 3 aromatic carbocycles. The van der Waals surface area contributed by atoms with Crippen LogP contribution in [0.5, 0.6) is 0 Å². The lowest BCUT2D eigenvalue weighted by Gasteiger charge is -2.41. The van der Waals surface area contributed by atoms with Crippen molar-refractivity contribution >= 4 is 17.6 Å². The summed E-state index contributed by atoms with van der Waals surface area (Å²) < 4.78 is 0. The number of nitrogens with zero attached hydrogens (tertiary/aromatic N) is 2. The van der Waals surface area contributed by atoms with Gasteiger partial charge in [0.2, 0.25) is 0 Å². The zero-order valence-electron chi connectivity index (χ0n) is 17.8. The molecule has 4 rings (SSSR count). The highest BCUT2D eigenvalue weighted by atomic mass is 35.5. The molecule has 1 N–H and O–H groups in total. The van der Waals surface area contributed by atoms with Gasteiger partial charge in [0.15, 0.2) is 0 Å². The van der Waals surface area contributed by atoms with E-state index in [0.717, 1.165) is 48.7 Å². The molecule has 0 saturated carbocycles. The number of piperazine rings is 1. The minimum atomic E-state index is 0.00433. The fourth-order valence-electron chi connectivity index (χ4n) is 4.28. The van der Waals surface area contributed by atoms with E-state index in [9.17, 15) is 4.79 Å². The number of hydrogen-bond acceptors (Lipinski definition) is 2. The summed E-state index contributed by atoms with van der Waals surface area (Å²) in [6.07, 6.45) is 0.857. The van der Waals surface area contributed by atoms with E-state index in [2.05, 4.69) is 58.7 Å². The SMILES string of the molecule is CNC(=O)N1CCN(Cc2ccc(-c3ccccc3Cl)cc2)C[C@@H]1Cc1ccccc1. The Bertz CT molecular complexity index is 1010. The Balaban J connectivity index is 1.45. The predicted molar refractivity (Wildman–Crippen MR) is 127 cm³/mol. The van der Waals surface area contributed by atoms with E-state index in [0.29, 0.717) is 0 Å². The molecule has 0 bridgehead atoms. The highest BCUT2D eigenvalue weighted by Gasteiger charge is 2.30. The van der Waals surface area contributed by atoms with Gasteiger partial charge in [0.25, 0.3) is 0 Å². The molecule has 160 valence electrons. The Morgan fingerprint density at radius 2 is 1.65 bits per heavy atom. The van der Waals surface area contributed by atoms with Crippen molar-refractivity contribution in [1.82, 2.24) is 15.1 Å². The van der Waals surface area contributed by atoms with Crippen molar-refractivity contribution in [2.75, 3.05) is 26.7 Å². The number of urea groups is 1. The van der Waals surface area contributed by atoms with Crippen LogP contribution in [0.2, 0.25) is 5.02 Å². The highest BCUT2D eigenvalue weighted by Crippen LogP contribution is 2.28. The first-order valence-corrected chi connectivity index (χ1v) is 11.1. The number of rotatable bonds is 5. The van der Waals surface area contributed by atoms with Gasteiger partial charge in [-0.05, 0) is 29.2 Å². The summed E-state index contributed by atoms with van der Waals surface area (Å²) in [4.78, 5) is 16.8. The van der Waals surface area contributed by atoms with E-state index >= 15 is 0 Å². The number of carbonyl (C=O) groups is 1. The summed E-state index contributed by atoms with van der Waals surface area (Å²) in [7, 11) is 1.70. The fourth-order valence-corrected chi connectivity index (χ4v) is 4.52. The summed E-state index contributed by atoms with van der Waals surface area (Å²) >= 11 is 6.34. The molecule has 1 fully saturated rings. The van der Waals surface area contributed by atoms with Crippen LogP contribution in [0.15, 0.2) is 78.9 Å². The highest BCUT2D eigenvalue weighted by molar-refractivity contribution is 6.33. The van der Waals surface area contributed by atoms with E-state index in [-0.39, 0.29) is 12.1 Å². The van der Waals surface area contributed by atoms with Gasteiger partial charge in [-0.15, -0.1) is 0 Å². The second-order valence-electron chi connectivity index (χ2n) is 8.00. The van der Waals surface area contributed by atoms with Gasteiger partial charge in [-0.3, -0.25) is 4.90 Å². The number of amides is 2. The second-order valence-corrected chi connectivity index (χ2v) is 8.41. The molecule has 0 unspecified atom stereocenters. The third-order valence-corrected chi connectivity index (χ3v) is 6.23. The average Bonchev–Trinajstić information content (AvgIpc) is 2.80. The maximum Gasteiger partial charge on any atom is 0.317 e. The lowest BCUT2D eigenvalue weighted by Crippen LogP contribution is -2.57. The van der Waals surface area contributed by atoms with Gasteiger partial charge >= 0.3 is 6.03 Å². The standard InChI is InChI=1S/C26H28ClN3O/c1-28-26(31)30-16-15-29(19-23(30)17-20-7-3-2-4-8-20)18-21-11-13-22(14-12-21)24-9-5-6-10-25(24)27/h2-14,23H,15-19H2,1H3,(H,28,31)/t23-/m0/s1. The van der Waals surface area contributed by atoms with Crippen molar-refractivity contribution in [3.05, 3.63) is 95.0 Å². The lowest BCUT2D eigenvalue weighted by atomic mass is 10.0. The molecular weight excluding hydrogens is 406 g/mol. The summed E-state index contributed by atoms with van der Waals surface area (Å²) in [6, 6.07) is 27.1. The van der Waals surface area contributed by atoms with Crippen LogP contribution < -0.4 is 5.32 Å². The second kappa shape index (κ2) is 9.99. The van der Waals surface area contributed by atoms with Gasteiger partial charge in [0.05, 0.1) is 6.04 Å². The number of carbonyl (C=O) groups excluding carboxylic acids is 1. The first kappa shape index (κ1) is 21.4. The Labute approximate surface area is 189 Å². The Hall–Kier alpha value is -2.82. The number of benzene rings is 3. The largest absolute Gasteiger partial charge is 0.341 e. The topological polar surface area (TPSA) is 35.6 Å². The third kappa shape index (κ3) is 5.27. The molecule has 4 nitrogen and oxygen atoms in total. The summed E-state index contributed by atoms with van der Waals surface area (Å²) in [5.74, 6) is 0. The third-order valence-electron chi connectivity index (χ3n) is 5.90. The normalized spacial score (nSPS) is 16.8. The van der Waals surface area contributed by atoms with Crippen LogP contribution in [0.25, 0.3) is 11.1 Å². The van der Waals surface area contributed by atoms with Crippen LogP contribution in [-0.2, 0) is 13.0 Å². The van der Waals surface area contributed by atoms with E-state index in [1.54, 1.807) is 7.05 Å². The van der Waals surface area contributed by atoms with Gasteiger partial charge in [-0.1, -0.05) is 84.4 Å². The van der Waals surface area contributed by atoms with Crippen molar-refractivity contribution in [3.8, 4) is 11.1 Å². The molecule has 0 aliphatic carbocycles. The quantitative estimate of drug-likeness (QED) is 0.609. The molecule has 0 aromatic heterocycles. The monoisotopic (exact) mass is 433 g/mol. The molecule has 1 aliphatic heterocycles. The van der Waals surface area contributed by atoms with E-state index in [1.807, 2.05) is 35.2 Å². The minimum absolute atomic E-state index is 0.00433. The first-order valence-electron chi connectivity index (χ1n) is 10.7. The van der Waals surface area contributed by atoms with Gasteiger partial charge in [0, 0.05) is 43.8 Å². The number of nitrogens with one attached hydrogen (secondary N) is 1. The molecule has 1 aliphatic rings. The molecular formula is C26H28ClN3O. The number of hydrogen-bond donors (Lipinski definition) is 1. The van der Waals surface area contributed by atoms with Crippen molar-refractivity contribution in [2.45, 2.75) is 19.0 Å². The molecule has 3 aromatic rings. The zero-order chi connectivity index (χ0) is 21.6. The van der Waals surface area contributed by atoms with E-state index < -0.39 is 0 Å². The Morgan fingerprint density at radius 3 is 2.35 bits per heavy atom. The molecule has 1 atom stereocenters. The Kier molecular flexibility index (Phi) is 6.90. The molecule has 1 saturated heterocycles. The van der Waals surface area contributed by atoms with E-state index in [1.165, 1.54) is 11.1 Å². The predicted octanol–water partition coefficient (Wildman–Crippen LogP) is 5.08. The van der Waals surface area contributed by atoms with E-state index in [4.69, 9.17) is 11.6 Å². The van der Waals surface area contributed by atoms with Gasteiger partial charge < -0.3 is 10.2 Å². The van der Waals surface area contributed by atoms with Crippen LogP contribution in [0.1, 0.15) is 11.1 Å². The maximum atomic E-state index is 12.4. The molecule has 1 heterocycles. The molecule has 0 radical (unpaired) electrons. The summed E-state index contributed by atoms with van der Waals surface area (Å²) in [5.41, 5.74) is 4.70. The van der Waals surface area contributed by atoms with Gasteiger partial charge in [0.1, 0.15) is 0 Å². The molecule has 31 heavy (non-hydrogen) atoms. The van der Waals surface area contributed by atoms with Crippen molar-refractivity contribution in [1.29, 1.82) is 0 Å². The fraction of sp³-hybridized carbons (Fsp3) is 0.269. The van der Waals surface area contributed by atoms with Crippen LogP contribution >= 0.6 is 11.6 Å². The Morgan fingerprint density at radius 1 is 0.935 bits per heavy atom. The molecule has 5 heteroatoms. The molecule has 2 amide bonds. The lowest BCUT2D eigenvalue weighted by molar-refractivity contribution is 0.0906. The summed E-state index contributed by atoms with van der Waals surface area (Å²) in [6.45, 7) is 3.32. The summed E-state index contributed by atoms with van der Waals surface area (Å²) in [5, 5.41) is 3.57. The van der Waals surface area contributed by atoms with Crippen molar-refractivity contribution < 1.29 is 4.79 Å².